The summed E-state index contributed by atoms with van der Waals surface area (Å²) in [5.74, 6) is 2.21. The second-order valence-electron chi connectivity index (χ2n) is 9.08. The van der Waals surface area contributed by atoms with Gasteiger partial charge in [-0.15, -0.1) is 0 Å². The Labute approximate surface area is 187 Å². The summed E-state index contributed by atoms with van der Waals surface area (Å²) in [5.41, 5.74) is 2.00. The molecule has 0 radical (unpaired) electrons. The second kappa shape index (κ2) is 8.19. The van der Waals surface area contributed by atoms with Gasteiger partial charge in [-0.3, -0.25) is 4.90 Å². The number of ether oxygens (including phenoxy) is 3. The number of anilines is 1. The number of amides is 2. The molecule has 5 rings (SSSR count). The van der Waals surface area contributed by atoms with E-state index in [0.29, 0.717) is 60.4 Å². The van der Waals surface area contributed by atoms with E-state index in [1.165, 1.54) is 31.4 Å². The normalized spacial score (nSPS) is 21.0. The molecular formula is C25H29FN2O4. The molecule has 1 unspecified atom stereocenters. The van der Waals surface area contributed by atoms with E-state index in [0.717, 1.165) is 12.1 Å². The summed E-state index contributed by atoms with van der Waals surface area (Å²) in [5, 5.41) is 0. The van der Waals surface area contributed by atoms with E-state index in [2.05, 4.69) is 0 Å². The molecule has 0 aromatic heterocycles. The summed E-state index contributed by atoms with van der Waals surface area (Å²) in [6.07, 6.45) is 4.73. The van der Waals surface area contributed by atoms with Crippen LogP contribution in [-0.2, 0) is 6.54 Å². The summed E-state index contributed by atoms with van der Waals surface area (Å²) < 4.78 is 30.7. The van der Waals surface area contributed by atoms with Gasteiger partial charge in [0.1, 0.15) is 11.6 Å². The maximum atomic E-state index is 13.8. The summed E-state index contributed by atoms with van der Waals surface area (Å²) in [6.45, 7) is 2.21. The van der Waals surface area contributed by atoms with E-state index >= 15 is 0 Å². The zero-order chi connectivity index (χ0) is 22.3. The van der Waals surface area contributed by atoms with Gasteiger partial charge in [-0.25, -0.2) is 9.18 Å². The van der Waals surface area contributed by atoms with Gasteiger partial charge in [0.25, 0.3) is 0 Å². The van der Waals surface area contributed by atoms with E-state index in [-0.39, 0.29) is 11.8 Å². The number of carbonyl (C=O) groups is 1. The standard InChI is InChI=1S/C25H29FN2O4/c1-30-21-6-4-19(26)12-17(21)15-27-10-3-11-28(24(27)29)20-5-7-22(31-2)23(13-20)32-16-18-14-25(18)8-9-25/h4-7,12-13,18H,3,8-11,14-16H2,1-2H3. The van der Waals surface area contributed by atoms with Crippen LogP contribution in [0.4, 0.5) is 14.9 Å². The van der Waals surface area contributed by atoms with Gasteiger partial charge >= 0.3 is 6.03 Å². The van der Waals surface area contributed by atoms with Crippen molar-refractivity contribution < 1.29 is 23.4 Å². The molecule has 0 N–H and O–H groups in total. The number of halogens is 1. The number of carbonyl (C=O) groups excluding carboxylic acids is 1. The maximum Gasteiger partial charge on any atom is 0.324 e. The van der Waals surface area contributed by atoms with Crippen LogP contribution in [0.2, 0.25) is 0 Å². The van der Waals surface area contributed by atoms with Crippen LogP contribution in [0.25, 0.3) is 0 Å². The highest BCUT2D eigenvalue weighted by molar-refractivity contribution is 5.93. The zero-order valence-electron chi connectivity index (χ0n) is 18.6. The predicted molar refractivity (Wildman–Crippen MR) is 119 cm³/mol. The molecule has 2 saturated carbocycles. The summed E-state index contributed by atoms with van der Waals surface area (Å²) >= 11 is 0. The fourth-order valence-electron chi connectivity index (χ4n) is 4.82. The largest absolute Gasteiger partial charge is 0.496 e. The van der Waals surface area contributed by atoms with Crippen LogP contribution >= 0.6 is 0 Å². The molecule has 1 heterocycles. The van der Waals surface area contributed by atoms with Crippen molar-refractivity contribution in [3.63, 3.8) is 0 Å². The lowest BCUT2D eigenvalue weighted by Crippen LogP contribution is -2.49. The highest BCUT2D eigenvalue weighted by Gasteiger charge is 2.62. The Kier molecular flexibility index (Phi) is 5.35. The minimum Gasteiger partial charge on any atom is -0.496 e. The lowest BCUT2D eigenvalue weighted by atomic mass is 10.1. The molecule has 1 saturated heterocycles. The second-order valence-corrected chi connectivity index (χ2v) is 9.08. The Hall–Kier alpha value is -2.96. The first kappa shape index (κ1) is 20.9. The number of nitrogens with zero attached hydrogens (tertiary/aromatic N) is 2. The van der Waals surface area contributed by atoms with Gasteiger partial charge in [-0.05, 0) is 67.3 Å². The summed E-state index contributed by atoms with van der Waals surface area (Å²) in [7, 11) is 3.17. The molecule has 3 fully saturated rings. The van der Waals surface area contributed by atoms with Crippen molar-refractivity contribution in [3.05, 3.63) is 47.8 Å². The van der Waals surface area contributed by atoms with Crippen LogP contribution in [0.1, 0.15) is 31.2 Å². The van der Waals surface area contributed by atoms with Gasteiger partial charge in [0.2, 0.25) is 0 Å². The predicted octanol–water partition coefficient (Wildman–Crippen LogP) is 4.85. The molecule has 1 aliphatic heterocycles. The van der Waals surface area contributed by atoms with E-state index in [9.17, 15) is 9.18 Å². The molecule has 1 atom stereocenters. The first-order valence-electron chi connectivity index (χ1n) is 11.2. The summed E-state index contributed by atoms with van der Waals surface area (Å²) in [6, 6.07) is 9.90. The van der Waals surface area contributed by atoms with Gasteiger partial charge in [0, 0.05) is 30.4 Å². The monoisotopic (exact) mass is 440 g/mol. The minimum absolute atomic E-state index is 0.113. The maximum absolute atomic E-state index is 13.8. The lowest BCUT2D eigenvalue weighted by molar-refractivity contribution is 0.191. The molecule has 170 valence electrons. The molecule has 32 heavy (non-hydrogen) atoms. The fraction of sp³-hybridized carbons (Fsp3) is 0.480. The van der Waals surface area contributed by atoms with Crippen molar-refractivity contribution in [2.45, 2.75) is 32.2 Å². The Balaban J connectivity index is 1.32. The number of hydrogen-bond acceptors (Lipinski definition) is 4. The Bertz CT molecular complexity index is 1020. The third kappa shape index (κ3) is 3.96. The number of hydrogen-bond donors (Lipinski definition) is 0. The molecule has 0 bridgehead atoms. The van der Waals surface area contributed by atoms with Crippen molar-refractivity contribution in [2.75, 3.05) is 38.8 Å². The third-order valence-electron chi connectivity index (χ3n) is 7.06. The average Bonchev–Trinajstić information content (AvgIpc) is 3.72. The van der Waals surface area contributed by atoms with Crippen molar-refractivity contribution >= 4 is 11.7 Å². The van der Waals surface area contributed by atoms with Crippen molar-refractivity contribution in [3.8, 4) is 17.2 Å². The van der Waals surface area contributed by atoms with Crippen molar-refractivity contribution in [2.24, 2.45) is 11.3 Å². The van der Waals surface area contributed by atoms with Crippen LogP contribution in [0.15, 0.2) is 36.4 Å². The minimum atomic E-state index is -0.345. The Morgan fingerprint density at radius 3 is 2.53 bits per heavy atom. The van der Waals surface area contributed by atoms with E-state index in [4.69, 9.17) is 14.2 Å². The van der Waals surface area contributed by atoms with Gasteiger partial charge in [-0.1, -0.05) is 0 Å². The third-order valence-corrected chi connectivity index (χ3v) is 7.06. The molecular weight excluding hydrogens is 411 g/mol. The van der Waals surface area contributed by atoms with E-state index < -0.39 is 0 Å². The van der Waals surface area contributed by atoms with Crippen LogP contribution in [-0.4, -0.2) is 44.8 Å². The Morgan fingerprint density at radius 1 is 1.03 bits per heavy atom. The van der Waals surface area contributed by atoms with Crippen LogP contribution in [0.5, 0.6) is 17.2 Å². The first-order chi connectivity index (χ1) is 15.5. The van der Waals surface area contributed by atoms with Gasteiger partial charge < -0.3 is 19.1 Å². The quantitative estimate of drug-likeness (QED) is 0.589. The molecule has 2 amide bonds. The number of benzene rings is 2. The van der Waals surface area contributed by atoms with Crippen molar-refractivity contribution in [1.29, 1.82) is 0 Å². The van der Waals surface area contributed by atoms with Crippen LogP contribution < -0.4 is 19.1 Å². The average molecular weight is 441 g/mol. The van der Waals surface area contributed by atoms with Crippen molar-refractivity contribution in [1.82, 2.24) is 4.90 Å². The van der Waals surface area contributed by atoms with Crippen LogP contribution in [0, 0.1) is 17.2 Å². The molecule has 2 aliphatic carbocycles. The van der Waals surface area contributed by atoms with Gasteiger partial charge in [0.15, 0.2) is 11.5 Å². The topological polar surface area (TPSA) is 51.2 Å². The smallest absolute Gasteiger partial charge is 0.324 e. The zero-order valence-corrected chi connectivity index (χ0v) is 18.6. The molecule has 3 aliphatic rings. The van der Waals surface area contributed by atoms with Gasteiger partial charge in [-0.2, -0.15) is 0 Å². The Morgan fingerprint density at radius 2 is 1.81 bits per heavy atom. The number of rotatable bonds is 8. The molecule has 6 nitrogen and oxygen atoms in total. The van der Waals surface area contributed by atoms with Gasteiger partial charge in [0.05, 0.1) is 27.4 Å². The fourth-order valence-corrected chi connectivity index (χ4v) is 4.82. The molecule has 2 aromatic rings. The van der Waals surface area contributed by atoms with E-state index in [1.54, 1.807) is 30.1 Å². The SMILES string of the molecule is COc1ccc(F)cc1CN1CCCN(c2ccc(OC)c(OCC3CC34CC4)c2)C1=O. The highest BCUT2D eigenvalue weighted by atomic mass is 19.1. The van der Waals surface area contributed by atoms with Crippen LogP contribution in [0.3, 0.4) is 0 Å². The molecule has 7 heteroatoms. The molecule has 1 spiro atoms. The number of methoxy groups -OCH3 is 2. The first-order valence-corrected chi connectivity index (χ1v) is 11.2. The highest BCUT2D eigenvalue weighted by Crippen LogP contribution is 2.70. The van der Waals surface area contributed by atoms with E-state index in [1.807, 2.05) is 18.2 Å². The summed E-state index contributed by atoms with van der Waals surface area (Å²) in [4.78, 5) is 16.8. The number of urea groups is 1. The lowest BCUT2D eigenvalue weighted by Gasteiger charge is -2.36. The molecule has 2 aromatic carbocycles.